The molecule has 184 valence electrons. The number of carbonyl (C=O) groups excluding carboxylic acids is 2. The van der Waals surface area contributed by atoms with Crippen molar-refractivity contribution in [2.45, 2.75) is 65.5 Å². The number of H-pyrrole nitrogens is 1. The van der Waals surface area contributed by atoms with Crippen LogP contribution in [0.5, 0.6) is 0 Å². The predicted molar refractivity (Wildman–Crippen MR) is 135 cm³/mol. The fourth-order valence-corrected chi connectivity index (χ4v) is 5.28. The van der Waals surface area contributed by atoms with Gasteiger partial charge in [0.2, 0.25) is 5.91 Å². The summed E-state index contributed by atoms with van der Waals surface area (Å²) in [5.41, 5.74) is 5.32. The molecular formula is C27H34N6O2. The zero-order valence-corrected chi connectivity index (χ0v) is 20.7. The molecule has 2 aromatic heterocycles. The minimum atomic E-state index is -0.564. The van der Waals surface area contributed by atoms with E-state index in [-0.39, 0.29) is 17.7 Å². The van der Waals surface area contributed by atoms with Crippen LogP contribution in [0.15, 0.2) is 36.5 Å². The Morgan fingerprint density at radius 1 is 1.09 bits per heavy atom. The lowest BCUT2D eigenvalue weighted by atomic mass is 9.88. The molecule has 0 aliphatic heterocycles. The Morgan fingerprint density at radius 2 is 1.77 bits per heavy atom. The smallest absolute Gasteiger partial charge is 0.270 e. The second kappa shape index (κ2) is 9.68. The number of carbonyl (C=O) groups is 2. The van der Waals surface area contributed by atoms with Crippen LogP contribution in [0, 0.1) is 31.6 Å². The van der Waals surface area contributed by atoms with E-state index in [2.05, 4.69) is 32.9 Å². The zero-order valence-electron chi connectivity index (χ0n) is 20.7. The number of aromatic nitrogens is 4. The summed E-state index contributed by atoms with van der Waals surface area (Å²) in [6.07, 6.45) is 7.05. The molecule has 2 amide bonds. The Labute approximate surface area is 205 Å². The van der Waals surface area contributed by atoms with Crippen molar-refractivity contribution in [3.05, 3.63) is 53.6 Å². The third-order valence-corrected chi connectivity index (χ3v) is 7.24. The second-order valence-corrected chi connectivity index (χ2v) is 10.0. The van der Waals surface area contributed by atoms with E-state index in [0.717, 1.165) is 60.3 Å². The van der Waals surface area contributed by atoms with Crippen molar-refractivity contribution in [2.75, 3.05) is 5.32 Å². The van der Waals surface area contributed by atoms with Gasteiger partial charge in [-0.15, -0.1) is 0 Å². The van der Waals surface area contributed by atoms with Gasteiger partial charge in [-0.1, -0.05) is 19.1 Å². The third kappa shape index (κ3) is 5.01. The van der Waals surface area contributed by atoms with Gasteiger partial charge in [-0.2, -0.15) is 10.2 Å². The highest BCUT2D eigenvalue weighted by Gasteiger charge is 2.48. The van der Waals surface area contributed by atoms with Crippen molar-refractivity contribution in [2.24, 2.45) is 17.8 Å². The number of aromatic amines is 1. The summed E-state index contributed by atoms with van der Waals surface area (Å²) in [4.78, 5) is 26.8. The summed E-state index contributed by atoms with van der Waals surface area (Å²) < 4.78 is 1.71. The number of hydrogen-bond acceptors (Lipinski definition) is 4. The quantitative estimate of drug-likeness (QED) is 0.403. The average molecular weight is 475 g/mol. The van der Waals surface area contributed by atoms with Crippen molar-refractivity contribution in [3.63, 3.8) is 0 Å². The predicted octanol–water partition coefficient (Wildman–Crippen LogP) is 4.47. The minimum Gasteiger partial charge on any atom is -0.339 e. The number of rotatable bonds is 10. The molecule has 3 N–H and O–H groups in total. The molecule has 0 spiro atoms. The van der Waals surface area contributed by atoms with Gasteiger partial charge in [-0.3, -0.25) is 19.4 Å². The van der Waals surface area contributed by atoms with E-state index in [9.17, 15) is 9.59 Å². The van der Waals surface area contributed by atoms with Gasteiger partial charge >= 0.3 is 0 Å². The summed E-state index contributed by atoms with van der Waals surface area (Å²) in [5.74, 6) is 0.815. The fraction of sp³-hybridized carbons (Fsp3) is 0.481. The Kier molecular flexibility index (Phi) is 6.45. The standard InChI is InChI=1S/C27H34N6O2/c1-4-15-33-22(13-14-28-33)26(34)30-25(24(19-5-6-19)20-7-8-20)27(35)29-21-11-9-18(10-12-21)23-16(2)31-32-17(23)3/h9-14,19-20,24-25H,4-8,15H2,1-3H3,(H,29,35)(H,30,34)(H,31,32)/t25-/m0/s1. The Morgan fingerprint density at radius 3 is 2.34 bits per heavy atom. The van der Waals surface area contributed by atoms with E-state index in [1.54, 1.807) is 16.9 Å². The van der Waals surface area contributed by atoms with Gasteiger partial charge in [0.15, 0.2) is 0 Å². The van der Waals surface area contributed by atoms with Crippen molar-refractivity contribution in [1.29, 1.82) is 0 Å². The summed E-state index contributed by atoms with van der Waals surface area (Å²) in [5, 5.41) is 17.8. The molecule has 3 aromatic rings. The highest BCUT2D eigenvalue weighted by molar-refractivity contribution is 6.01. The topological polar surface area (TPSA) is 105 Å². The van der Waals surface area contributed by atoms with E-state index in [0.29, 0.717) is 24.1 Å². The first-order valence-electron chi connectivity index (χ1n) is 12.7. The molecule has 8 nitrogen and oxygen atoms in total. The molecule has 1 aromatic carbocycles. The Balaban J connectivity index is 1.35. The number of nitrogens with zero attached hydrogens (tertiary/aromatic N) is 3. The molecule has 0 unspecified atom stereocenters. The number of anilines is 1. The molecule has 2 saturated carbocycles. The molecule has 2 fully saturated rings. The molecule has 0 bridgehead atoms. The fourth-order valence-electron chi connectivity index (χ4n) is 5.28. The van der Waals surface area contributed by atoms with E-state index in [1.165, 1.54) is 0 Å². The largest absolute Gasteiger partial charge is 0.339 e. The van der Waals surface area contributed by atoms with Crippen molar-refractivity contribution < 1.29 is 9.59 Å². The first-order chi connectivity index (χ1) is 17.0. The number of amides is 2. The Bertz CT molecular complexity index is 1170. The first-order valence-corrected chi connectivity index (χ1v) is 12.7. The van der Waals surface area contributed by atoms with Gasteiger partial charge in [-0.05, 0) is 87.5 Å². The molecule has 2 aliphatic rings. The van der Waals surface area contributed by atoms with Crippen LogP contribution in [0.25, 0.3) is 11.1 Å². The minimum absolute atomic E-state index is 0.146. The van der Waals surface area contributed by atoms with Crippen LogP contribution in [0.3, 0.4) is 0 Å². The van der Waals surface area contributed by atoms with E-state index < -0.39 is 6.04 Å². The van der Waals surface area contributed by atoms with Gasteiger partial charge in [0.1, 0.15) is 11.7 Å². The maximum absolute atomic E-state index is 13.6. The van der Waals surface area contributed by atoms with E-state index >= 15 is 0 Å². The first kappa shape index (κ1) is 23.3. The molecule has 2 aliphatic carbocycles. The third-order valence-electron chi connectivity index (χ3n) is 7.24. The van der Waals surface area contributed by atoms with Crippen LogP contribution in [0.1, 0.15) is 60.9 Å². The summed E-state index contributed by atoms with van der Waals surface area (Å²) in [7, 11) is 0. The van der Waals surface area contributed by atoms with Gasteiger partial charge < -0.3 is 10.6 Å². The van der Waals surface area contributed by atoms with Gasteiger partial charge in [-0.25, -0.2) is 0 Å². The maximum atomic E-state index is 13.6. The highest BCUT2D eigenvalue weighted by Crippen LogP contribution is 2.51. The Hall–Kier alpha value is -3.42. The number of nitrogens with one attached hydrogen (secondary N) is 3. The van der Waals surface area contributed by atoms with Crippen molar-refractivity contribution >= 4 is 17.5 Å². The molecule has 0 saturated heterocycles. The number of benzene rings is 1. The summed E-state index contributed by atoms with van der Waals surface area (Å²) in [6.45, 7) is 6.70. The lowest BCUT2D eigenvalue weighted by Crippen LogP contribution is -2.50. The van der Waals surface area contributed by atoms with Crippen LogP contribution in [0.2, 0.25) is 0 Å². The summed E-state index contributed by atoms with van der Waals surface area (Å²) >= 11 is 0. The molecule has 35 heavy (non-hydrogen) atoms. The molecule has 2 heterocycles. The second-order valence-electron chi connectivity index (χ2n) is 10.0. The van der Waals surface area contributed by atoms with Crippen LogP contribution >= 0.6 is 0 Å². The van der Waals surface area contributed by atoms with E-state index in [1.807, 2.05) is 38.1 Å². The molecular weight excluding hydrogens is 440 g/mol. The lowest BCUT2D eigenvalue weighted by Gasteiger charge is -2.27. The molecule has 1 atom stereocenters. The van der Waals surface area contributed by atoms with Gasteiger partial charge in [0.05, 0.1) is 5.69 Å². The van der Waals surface area contributed by atoms with Gasteiger partial charge in [0.25, 0.3) is 5.91 Å². The monoisotopic (exact) mass is 474 g/mol. The molecule has 0 radical (unpaired) electrons. The normalized spacial score (nSPS) is 16.3. The molecule has 5 rings (SSSR count). The zero-order chi connectivity index (χ0) is 24.5. The van der Waals surface area contributed by atoms with Crippen LogP contribution < -0.4 is 10.6 Å². The van der Waals surface area contributed by atoms with Crippen molar-refractivity contribution in [1.82, 2.24) is 25.3 Å². The number of hydrogen-bond donors (Lipinski definition) is 3. The lowest BCUT2D eigenvalue weighted by molar-refractivity contribution is -0.119. The number of aryl methyl sites for hydroxylation is 3. The van der Waals surface area contributed by atoms with E-state index in [4.69, 9.17) is 0 Å². The molecule has 8 heteroatoms. The average Bonchev–Trinajstić information content (AvgIpc) is 3.77. The van der Waals surface area contributed by atoms with Crippen LogP contribution in [-0.2, 0) is 11.3 Å². The van der Waals surface area contributed by atoms with Crippen LogP contribution in [0.4, 0.5) is 5.69 Å². The maximum Gasteiger partial charge on any atom is 0.270 e. The SMILES string of the molecule is CCCn1nccc1C(=O)N[C@H](C(=O)Nc1ccc(-c2c(C)n[nH]c2C)cc1)C(C1CC1)C1CC1. The summed E-state index contributed by atoms with van der Waals surface area (Å²) in [6, 6.07) is 8.98. The van der Waals surface area contributed by atoms with Crippen molar-refractivity contribution in [3.8, 4) is 11.1 Å². The van der Waals surface area contributed by atoms with Crippen LogP contribution in [-0.4, -0.2) is 37.8 Å². The highest BCUT2D eigenvalue weighted by atomic mass is 16.2. The van der Waals surface area contributed by atoms with Gasteiger partial charge in [0, 0.05) is 29.7 Å².